The number of amides is 2. The van der Waals surface area contributed by atoms with Gasteiger partial charge in [-0.15, -0.1) is 0 Å². The number of aryl methyl sites for hydroxylation is 2. The van der Waals surface area contributed by atoms with Gasteiger partial charge in [-0.1, -0.05) is 29.8 Å². The quantitative estimate of drug-likeness (QED) is 0.813. The molecule has 2 amide bonds. The summed E-state index contributed by atoms with van der Waals surface area (Å²) in [6.45, 7) is 5.96. The highest BCUT2D eigenvalue weighted by Gasteiger charge is 2.32. The summed E-state index contributed by atoms with van der Waals surface area (Å²) in [4.78, 5) is 25.4. The summed E-state index contributed by atoms with van der Waals surface area (Å²) in [7, 11) is 0. The van der Waals surface area contributed by atoms with Crippen LogP contribution in [0.3, 0.4) is 0 Å². The number of carbonyl (C=O) groups is 2. The fraction of sp³-hybridized carbons (Fsp3) is 0.529. The molecule has 4 nitrogen and oxygen atoms in total. The Morgan fingerprint density at radius 3 is 2.90 bits per heavy atom. The summed E-state index contributed by atoms with van der Waals surface area (Å²) in [6.07, 6.45) is 2.25. The molecule has 1 fully saturated rings. The smallest absolute Gasteiger partial charge is 0.225 e. The Morgan fingerprint density at radius 2 is 2.24 bits per heavy atom. The number of likely N-dealkylation sites (tertiary alicyclic amines) is 1. The fourth-order valence-corrected chi connectivity index (χ4v) is 2.77. The molecule has 1 atom stereocenters. The maximum Gasteiger partial charge on any atom is 0.225 e. The number of nitrogens with zero attached hydrogens (tertiary/aromatic N) is 1. The predicted molar refractivity (Wildman–Crippen MR) is 82.9 cm³/mol. The number of carbonyl (C=O) groups excluding carboxylic acids is 2. The lowest BCUT2D eigenvalue weighted by Crippen LogP contribution is -2.33. The first-order valence-corrected chi connectivity index (χ1v) is 7.71. The number of rotatable bonds is 6. The predicted octanol–water partition coefficient (Wildman–Crippen LogP) is 1.91. The summed E-state index contributed by atoms with van der Waals surface area (Å²) < 4.78 is 0. The van der Waals surface area contributed by atoms with Crippen LogP contribution in [0.1, 0.15) is 30.9 Å². The zero-order chi connectivity index (χ0) is 15.2. The molecule has 1 N–H and O–H groups in total. The van der Waals surface area contributed by atoms with Crippen molar-refractivity contribution in [2.75, 3.05) is 19.6 Å². The average Bonchev–Trinajstić information content (AvgIpc) is 2.85. The van der Waals surface area contributed by atoms with Crippen LogP contribution >= 0.6 is 0 Å². The van der Waals surface area contributed by atoms with Crippen LogP contribution in [0.4, 0.5) is 0 Å². The molecule has 1 aliphatic rings. The lowest BCUT2D eigenvalue weighted by atomic mass is 10.1. The Balaban J connectivity index is 1.69. The third-order valence-electron chi connectivity index (χ3n) is 3.99. The second-order valence-electron chi connectivity index (χ2n) is 5.72. The minimum absolute atomic E-state index is 0.0172. The van der Waals surface area contributed by atoms with Crippen LogP contribution in [0, 0.1) is 12.8 Å². The van der Waals surface area contributed by atoms with E-state index < -0.39 is 0 Å². The van der Waals surface area contributed by atoms with Crippen molar-refractivity contribution in [3.63, 3.8) is 0 Å². The van der Waals surface area contributed by atoms with Crippen molar-refractivity contribution in [2.45, 2.75) is 33.1 Å². The van der Waals surface area contributed by atoms with Crippen molar-refractivity contribution in [3.05, 3.63) is 35.4 Å². The summed E-state index contributed by atoms with van der Waals surface area (Å²) in [5.41, 5.74) is 2.57. The SMILES string of the molecule is CCN1C[C@H](C(=O)NCCCc2cccc(C)c2)CC1=O. The van der Waals surface area contributed by atoms with Gasteiger partial charge < -0.3 is 10.2 Å². The van der Waals surface area contributed by atoms with E-state index in [9.17, 15) is 9.59 Å². The van der Waals surface area contributed by atoms with E-state index in [1.54, 1.807) is 4.90 Å². The first kappa shape index (κ1) is 15.5. The molecule has 0 bridgehead atoms. The number of benzene rings is 1. The van der Waals surface area contributed by atoms with Crippen LogP contribution in [0.5, 0.6) is 0 Å². The monoisotopic (exact) mass is 288 g/mol. The Kier molecular flexibility index (Phi) is 5.37. The van der Waals surface area contributed by atoms with Gasteiger partial charge >= 0.3 is 0 Å². The lowest BCUT2D eigenvalue weighted by molar-refractivity contribution is -0.128. The van der Waals surface area contributed by atoms with Crippen molar-refractivity contribution in [2.24, 2.45) is 5.92 Å². The molecule has 1 saturated heterocycles. The molecular weight excluding hydrogens is 264 g/mol. The minimum atomic E-state index is -0.170. The molecule has 0 spiro atoms. The van der Waals surface area contributed by atoms with E-state index >= 15 is 0 Å². The van der Waals surface area contributed by atoms with Gasteiger partial charge in [-0.3, -0.25) is 9.59 Å². The highest BCUT2D eigenvalue weighted by molar-refractivity contribution is 5.89. The molecule has 1 aliphatic heterocycles. The first-order valence-electron chi connectivity index (χ1n) is 7.71. The van der Waals surface area contributed by atoms with Crippen LogP contribution in [-0.4, -0.2) is 36.3 Å². The normalized spacial score (nSPS) is 18.1. The molecule has 0 unspecified atom stereocenters. The van der Waals surface area contributed by atoms with Crippen molar-refractivity contribution in [1.82, 2.24) is 10.2 Å². The lowest BCUT2D eigenvalue weighted by Gasteiger charge is -2.13. The van der Waals surface area contributed by atoms with Gasteiger partial charge in [0, 0.05) is 26.1 Å². The van der Waals surface area contributed by atoms with Gasteiger partial charge in [-0.05, 0) is 32.3 Å². The zero-order valence-corrected chi connectivity index (χ0v) is 12.9. The van der Waals surface area contributed by atoms with Crippen LogP contribution in [0.15, 0.2) is 24.3 Å². The maximum atomic E-state index is 12.0. The number of hydrogen-bond acceptors (Lipinski definition) is 2. The molecule has 0 radical (unpaired) electrons. The Labute approximate surface area is 126 Å². The molecule has 1 aromatic rings. The topological polar surface area (TPSA) is 49.4 Å². The molecular formula is C17H24N2O2. The molecule has 1 heterocycles. The van der Waals surface area contributed by atoms with Gasteiger partial charge in [0.15, 0.2) is 0 Å². The van der Waals surface area contributed by atoms with E-state index in [4.69, 9.17) is 0 Å². The standard InChI is InChI=1S/C17H24N2O2/c1-3-19-12-15(11-16(19)20)17(21)18-9-5-8-14-7-4-6-13(2)10-14/h4,6-7,10,15H,3,5,8-9,11-12H2,1-2H3,(H,18,21)/t15-/m1/s1. The third kappa shape index (κ3) is 4.31. The number of hydrogen-bond donors (Lipinski definition) is 1. The molecule has 2 rings (SSSR count). The van der Waals surface area contributed by atoms with E-state index in [2.05, 4.69) is 36.5 Å². The average molecular weight is 288 g/mol. The highest BCUT2D eigenvalue weighted by atomic mass is 16.2. The molecule has 114 valence electrons. The van der Waals surface area contributed by atoms with Crippen LogP contribution in [-0.2, 0) is 16.0 Å². The molecule has 0 aliphatic carbocycles. The van der Waals surface area contributed by atoms with Crippen molar-refractivity contribution in [3.8, 4) is 0 Å². The Hall–Kier alpha value is -1.84. The van der Waals surface area contributed by atoms with Crippen molar-refractivity contribution in [1.29, 1.82) is 0 Å². The largest absolute Gasteiger partial charge is 0.356 e. The summed E-state index contributed by atoms with van der Waals surface area (Å²) in [5, 5.41) is 2.96. The highest BCUT2D eigenvalue weighted by Crippen LogP contribution is 2.17. The molecule has 21 heavy (non-hydrogen) atoms. The van der Waals surface area contributed by atoms with Gasteiger partial charge in [-0.25, -0.2) is 0 Å². The van der Waals surface area contributed by atoms with E-state index in [0.717, 1.165) is 12.8 Å². The Bertz CT molecular complexity index is 513. The van der Waals surface area contributed by atoms with E-state index in [1.165, 1.54) is 11.1 Å². The second-order valence-corrected chi connectivity index (χ2v) is 5.72. The first-order chi connectivity index (χ1) is 10.1. The summed E-state index contributed by atoms with van der Waals surface area (Å²) in [5.74, 6) is -0.0580. The van der Waals surface area contributed by atoms with Crippen molar-refractivity contribution >= 4 is 11.8 Å². The third-order valence-corrected chi connectivity index (χ3v) is 3.99. The second kappa shape index (κ2) is 7.25. The fourth-order valence-electron chi connectivity index (χ4n) is 2.77. The van der Waals surface area contributed by atoms with Crippen molar-refractivity contribution < 1.29 is 9.59 Å². The summed E-state index contributed by atoms with van der Waals surface area (Å²) in [6, 6.07) is 8.44. The van der Waals surface area contributed by atoms with E-state index in [0.29, 0.717) is 26.1 Å². The maximum absolute atomic E-state index is 12.0. The van der Waals surface area contributed by atoms with Crippen LogP contribution in [0.2, 0.25) is 0 Å². The van der Waals surface area contributed by atoms with E-state index in [-0.39, 0.29) is 17.7 Å². The van der Waals surface area contributed by atoms with Gasteiger partial charge in [0.05, 0.1) is 5.92 Å². The summed E-state index contributed by atoms with van der Waals surface area (Å²) >= 11 is 0. The minimum Gasteiger partial charge on any atom is -0.356 e. The van der Waals surface area contributed by atoms with Crippen LogP contribution in [0.25, 0.3) is 0 Å². The molecule has 1 aromatic carbocycles. The van der Waals surface area contributed by atoms with Gasteiger partial charge in [0.1, 0.15) is 0 Å². The van der Waals surface area contributed by atoms with Crippen LogP contribution < -0.4 is 5.32 Å². The zero-order valence-electron chi connectivity index (χ0n) is 12.9. The van der Waals surface area contributed by atoms with Gasteiger partial charge in [0.25, 0.3) is 0 Å². The Morgan fingerprint density at radius 1 is 1.43 bits per heavy atom. The van der Waals surface area contributed by atoms with Gasteiger partial charge in [0.2, 0.25) is 11.8 Å². The van der Waals surface area contributed by atoms with E-state index in [1.807, 2.05) is 6.92 Å². The van der Waals surface area contributed by atoms with Gasteiger partial charge in [-0.2, -0.15) is 0 Å². The number of nitrogens with one attached hydrogen (secondary N) is 1. The molecule has 0 saturated carbocycles. The molecule has 4 heteroatoms. The molecule has 0 aromatic heterocycles.